The zero-order valence-corrected chi connectivity index (χ0v) is 17.3. The van der Waals surface area contributed by atoms with Gasteiger partial charge in [0.05, 0.1) is 11.2 Å². The van der Waals surface area contributed by atoms with Gasteiger partial charge in [0, 0.05) is 5.56 Å². The van der Waals surface area contributed by atoms with Gasteiger partial charge in [0.1, 0.15) is 18.2 Å². The van der Waals surface area contributed by atoms with E-state index in [0.717, 1.165) is 24.1 Å². The summed E-state index contributed by atoms with van der Waals surface area (Å²) >= 11 is 0. The first-order valence-electron chi connectivity index (χ1n) is 10.0. The van der Waals surface area contributed by atoms with Crippen molar-refractivity contribution in [2.45, 2.75) is 65.3 Å². The SMILES string of the molecule is C[C@@H]1Cc2ccc(OCc3cc(B4OC(C)(C)C(C)(C)O4)ccc3F)cc2C1. The minimum atomic E-state index is -0.508. The van der Waals surface area contributed by atoms with Crippen molar-refractivity contribution in [3.05, 3.63) is 58.9 Å². The molecular formula is C23H28BFO3. The average Bonchev–Trinajstić information content (AvgIpc) is 3.08. The standard InChI is InChI=1S/C23H28BFO3/c1-15-10-16-6-8-20(13-17(16)11-15)26-14-18-12-19(7-9-21(18)25)24-27-22(2,3)23(4,5)28-24/h6-9,12-13,15H,10-11,14H2,1-5H3/t15-/m1/s1. The van der Waals surface area contributed by atoms with Gasteiger partial charge in [-0.05, 0) is 81.2 Å². The molecule has 2 aromatic carbocycles. The van der Waals surface area contributed by atoms with Crippen molar-refractivity contribution in [3.8, 4) is 5.75 Å². The monoisotopic (exact) mass is 382 g/mol. The van der Waals surface area contributed by atoms with Crippen molar-refractivity contribution in [2.24, 2.45) is 5.92 Å². The zero-order valence-electron chi connectivity index (χ0n) is 17.3. The number of hydrogen-bond acceptors (Lipinski definition) is 3. The van der Waals surface area contributed by atoms with Crippen molar-refractivity contribution < 1.29 is 18.4 Å². The fourth-order valence-corrected chi connectivity index (χ4v) is 3.90. The first-order chi connectivity index (χ1) is 13.1. The third kappa shape index (κ3) is 3.58. The molecule has 1 atom stereocenters. The van der Waals surface area contributed by atoms with Crippen LogP contribution in [-0.4, -0.2) is 18.3 Å². The minimum absolute atomic E-state index is 0.174. The van der Waals surface area contributed by atoms with Gasteiger partial charge in [-0.25, -0.2) is 4.39 Å². The second kappa shape index (κ2) is 6.89. The molecule has 28 heavy (non-hydrogen) atoms. The molecule has 148 valence electrons. The van der Waals surface area contributed by atoms with Crippen molar-refractivity contribution in [1.29, 1.82) is 0 Å². The molecule has 2 aromatic rings. The van der Waals surface area contributed by atoms with E-state index in [0.29, 0.717) is 11.5 Å². The summed E-state index contributed by atoms with van der Waals surface area (Å²) < 4.78 is 32.4. The lowest BCUT2D eigenvalue weighted by Gasteiger charge is -2.32. The molecule has 0 unspecified atom stereocenters. The Balaban J connectivity index is 1.49. The number of hydrogen-bond donors (Lipinski definition) is 0. The molecular weight excluding hydrogens is 354 g/mol. The summed E-state index contributed by atoms with van der Waals surface area (Å²) in [4.78, 5) is 0. The molecule has 0 amide bonds. The van der Waals surface area contributed by atoms with Gasteiger partial charge in [0.25, 0.3) is 0 Å². The van der Waals surface area contributed by atoms with E-state index < -0.39 is 18.3 Å². The highest BCUT2D eigenvalue weighted by Crippen LogP contribution is 2.36. The molecule has 0 N–H and O–H groups in total. The quantitative estimate of drug-likeness (QED) is 0.732. The summed E-state index contributed by atoms with van der Waals surface area (Å²) in [5.74, 6) is 1.18. The summed E-state index contributed by atoms with van der Waals surface area (Å²) in [6.07, 6.45) is 2.21. The van der Waals surface area contributed by atoms with Crippen molar-refractivity contribution >= 4 is 12.6 Å². The molecule has 0 bridgehead atoms. The lowest BCUT2D eigenvalue weighted by molar-refractivity contribution is 0.00578. The van der Waals surface area contributed by atoms with Crippen molar-refractivity contribution in [1.82, 2.24) is 0 Å². The van der Waals surface area contributed by atoms with E-state index in [1.807, 2.05) is 33.8 Å². The van der Waals surface area contributed by atoms with Crippen LogP contribution in [0.15, 0.2) is 36.4 Å². The predicted molar refractivity (Wildman–Crippen MR) is 109 cm³/mol. The molecule has 1 aliphatic carbocycles. The van der Waals surface area contributed by atoms with E-state index in [1.165, 1.54) is 17.2 Å². The van der Waals surface area contributed by atoms with Gasteiger partial charge >= 0.3 is 7.12 Å². The molecule has 3 nitrogen and oxygen atoms in total. The Morgan fingerprint density at radius 2 is 1.68 bits per heavy atom. The van der Waals surface area contributed by atoms with E-state index in [-0.39, 0.29) is 12.4 Å². The molecule has 1 aliphatic heterocycles. The van der Waals surface area contributed by atoms with Crippen LogP contribution in [-0.2, 0) is 28.8 Å². The maximum atomic E-state index is 14.4. The van der Waals surface area contributed by atoms with Crippen LogP contribution in [0.2, 0.25) is 0 Å². The Morgan fingerprint density at radius 1 is 1.00 bits per heavy atom. The Hall–Kier alpha value is -1.85. The first-order valence-corrected chi connectivity index (χ1v) is 10.0. The number of benzene rings is 2. The van der Waals surface area contributed by atoms with Crippen LogP contribution in [0.1, 0.15) is 51.3 Å². The van der Waals surface area contributed by atoms with E-state index in [9.17, 15) is 4.39 Å². The van der Waals surface area contributed by atoms with Crippen LogP contribution in [0.5, 0.6) is 5.75 Å². The smallest absolute Gasteiger partial charge is 0.489 e. The van der Waals surface area contributed by atoms with Gasteiger partial charge < -0.3 is 14.0 Å². The average molecular weight is 382 g/mol. The van der Waals surface area contributed by atoms with Gasteiger partial charge in [0.2, 0.25) is 0 Å². The third-order valence-electron chi connectivity index (χ3n) is 6.30. The van der Waals surface area contributed by atoms with Crippen LogP contribution in [0.4, 0.5) is 4.39 Å². The fourth-order valence-electron chi connectivity index (χ4n) is 3.90. The number of halogens is 1. The lowest BCUT2D eigenvalue weighted by Crippen LogP contribution is -2.41. The molecule has 0 aromatic heterocycles. The predicted octanol–water partition coefficient (Wildman–Crippen LogP) is 4.44. The summed E-state index contributed by atoms with van der Waals surface area (Å²) in [5.41, 5.74) is 3.20. The molecule has 4 rings (SSSR count). The Bertz CT molecular complexity index is 877. The van der Waals surface area contributed by atoms with E-state index >= 15 is 0 Å². The normalized spacial score (nSPS) is 22.4. The fraction of sp³-hybridized carbons (Fsp3) is 0.478. The van der Waals surface area contributed by atoms with E-state index in [2.05, 4.69) is 19.1 Å². The van der Waals surface area contributed by atoms with Crippen LogP contribution >= 0.6 is 0 Å². The summed E-state index contributed by atoms with van der Waals surface area (Å²) in [6.45, 7) is 10.5. The number of ether oxygens (including phenoxy) is 1. The molecule has 2 aliphatic rings. The summed E-state index contributed by atoms with van der Waals surface area (Å²) in [7, 11) is -0.508. The summed E-state index contributed by atoms with van der Waals surface area (Å²) in [5, 5.41) is 0. The van der Waals surface area contributed by atoms with Crippen LogP contribution in [0.25, 0.3) is 0 Å². The van der Waals surface area contributed by atoms with E-state index in [1.54, 1.807) is 12.1 Å². The van der Waals surface area contributed by atoms with Gasteiger partial charge in [-0.1, -0.05) is 25.1 Å². The first kappa shape index (κ1) is 19.5. The van der Waals surface area contributed by atoms with Gasteiger partial charge in [-0.15, -0.1) is 0 Å². The second-order valence-corrected chi connectivity index (χ2v) is 9.17. The highest BCUT2D eigenvalue weighted by atomic mass is 19.1. The summed E-state index contributed by atoms with van der Waals surface area (Å²) in [6, 6.07) is 11.2. The molecule has 0 spiro atoms. The second-order valence-electron chi connectivity index (χ2n) is 9.17. The Kier molecular flexibility index (Phi) is 4.79. The number of rotatable bonds is 4. The lowest BCUT2D eigenvalue weighted by atomic mass is 9.78. The Morgan fingerprint density at radius 3 is 2.39 bits per heavy atom. The van der Waals surface area contributed by atoms with E-state index in [4.69, 9.17) is 14.0 Å². The molecule has 5 heteroatoms. The van der Waals surface area contributed by atoms with Crippen molar-refractivity contribution in [3.63, 3.8) is 0 Å². The Labute approximate surface area is 167 Å². The third-order valence-corrected chi connectivity index (χ3v) is 6.30. The highest BCUT2D eigenvalue weighted by molar-refractivity contribution is 6.62. The minimum Gasteiger partial charge on any atom is -0.489 e. The van der Waals surface area contributed by atoms with Gasteiger partial charge in [-0.3, -0.25) is 0 Å². The molecule has 1 heterocycles. The molecule has 1 saturated heterocycles. The maximum Gasteiger partial charge on any atom is 0.494 e. The van der Waals surface area contributed by atoms with Gasteiger partial charge in [0.15, 0.2) is 0 Å². The van der Waals surface area contributed by atoms with Crippen LogP contribution in [0, 0.1) is 11.7 Å². The molecule has 0 saturated carbocycles. The highest BCUT2D eigenvalue weighted by Gasteiger charge is 2.51. The van der Waals surface area contributed by atoms with Gasteiger partial charge in [-0.2, -0.15) is 0 Å². The maximum absolute atomic E-state index is 14.4. The van der Waals surface area contributed by atoms with Crippen LogP contribution in [0.3, 0.4) is 0 Å². The molecule has 0 radical (unpaired) electrons. The van der Waals surface area contributed by atoms with Crippen molar-refractivity contribution in [2.75, 3.05) is 0 Å². The topological polar surface area (TPSA) is 27.7 Å². The zero-order chi connectivity index (χ0) is 20.1. The van der Waals surface area contributed by atoms with Crippen LogP contribution < -0.4 is 10.2 Å². The number of fused-ring (bicyclic) bond motifs is 1. The molecule has 1 fully saturated rings. The largest absolute Gasteiger partial charge is 0.494 e.